The topological polar surface area (TPSA) is 61.4 Å². The fraction of sp³-hybridized carbons (Fsp3) is 0.444. The van der Waals surface area contributed by atoms with E-state index >= 15 is 0 Å². The van der Waals surface area contributed by atoms with Crippen LogP contribution < -0.4 is 10.6 Å². The molecule has 0 aliphatic carbocycles. The van der Waals surface area contributed by atoms with Crippen molar-refractivity contribution in [3.63, 3.8) is 0 Å². The van der Waals surface area contributed by atoms with Gasteiger partial charge in [0.2, 0.25) is 5.91 Å². The standard InChI is InChI=1S/C18H23N3O2/c1-3-10-21-11-8-16(9-12-21)18(23)20-13-14-4-6-15(7-5-14)17(22)19-2/h1,4-7,16H,8-13H2,2H3,(H,19,22)(H,20,23). The summed E-state index contributed by atoms with van der Waals surface area (Å²) in [5.41, 5.74) is 1.60. The van der Waals surface area contributed by atoms with Gasteiger partial charge in [-0.25, -0.2) is 0 Å². The van der Waals surface area contributed by atoms with Crippen molar-refractivity contribution in [3.05, 3.63) is 35.4 Å². The minimum absolute atomic E-state index is 0.0640. The Morgan fingerprint density at radius 1 is 1.26 bits per heavy atom. The number of hydrogen-bond donors (Lipinski definition) is 2. The Morgan fingerprint density at radius 3 is 2.48 bits per heavy atom. The number of benzene rings is 1. The molecular weight excluding hydrogens is 290 g/mol. The first kappa shape index (κ1) is 17.0. The highest BCUT2D eigenvalue weighted by Crippen LogP contribution is 2.17. The summed E-state index contributed by atoms with van der Waals surface area (Å²) in [6.45, 7) is 2.90. The lowest BCUT2D eigenvalue weighted by Crippen LogP contribution is -2.40. The predicted molar refractivity (Wildman–Crippen MR) is 89.7 cm³/mol. The zero-order valence-corrected chi connectivity index (χ0v) is 13.5. The normalized spacial score (nSPS) is 15.7. The highest BCUT2D eigenvalue weighted by molar-refractivity contribution is 5.93. The average molecular weight is 313 g/mol. The fourth-order valence-electron chi connectivity index (χ4n) is 2.73. The van der Waals surface area contributed by atoms with Crippen molar-refractivity contribution in [1.82, 2.24) is 15.5 Å². The van der Waals surface area contributed by atoms with Gasteiger partial charge in [-0.1, -0.05) is 18.1 Å². The number of nitrogens with one attached hydrogen (secondary N) is 2. The lowest BCUT2D eigenvalue weighted by molar-refractivity contribution is -0.126. The summed E-state index contributed by atoms with van der Waals surface area (Å²) >= 11 is 0. The zero-order valence-electron chi connectivity index (χ0n) is 13.5. The van der Waals surface area contributed by atoms with Crippen LogP contribution in [0.4, 0.5) is 0 Å². The van der Waals surface area contributed by atoms with Gasteiger partial charge in [-0.2, -0.15) is 0 Å². The molecule has 0 bridgehead atoms. The molecule has 1 aromatic rings. The first-order chi connectivity index (χ1) is 11.1. The molecule has 23 heavy (non-hydrogen) atoms. The molecule has 0 unspecified atom stereocenters. The average Bonchev–Trinajstić information content (AvgIpc) is 2.60. The molecule has 1 aliphatic rings. The zero-order chi connectivity index (χ0) is 16.7. The highest BCUT2D eigenvalue weighted by atomic mass is 16.2. The molecule has 1 heterocycles. The van der Waals surface area contributed by atoms with Crippen LogP contribution in [0, 0.1) is 18.3 Å². The Balaban J connectivity index is 1.78. The third-order valence-electron chi connectivity index (χ3n) is 4.18. The molecule has 0 saturated carbocycles. The second kappa shape index (κ2) is 8.35. The van der Waals surface area contributed by atoms with E-state index in [4.69, 9.17) is 6.42 Å². The van der Waals surface area contributed by atoms with Crippen molar-refractivity contribution in [2.75, 3.05) is 26.7 Å². The Hall–Kier alpha value is -2.32. The number of carbonyl (C=O) groups excluding carboxylic acids is 2. The number of piperidine rings is 1. The number of carbonyl (C=O) groups is 2. The number of nitrogens with zero attached hydrogens (tertiary/aromatic N) is 1. The van der Waals surface area contributed by atoms with Gasteiger partial charge >= 0.3 is 0 Å². The van der Waals surface area contributed by atoms with E-state index in [1.807, 2.05) is 12.1 Å². The van der Waals surface area contributed by atoms with Crippen molar-refractivity contribution >= 4 is 11.8 Å². The van der Waals surface area contributed by atoms with Crippen LogP contribution >= 0.6 is 0 Å². The van der Waals surface area contributed by atoms with Crippen molar-refractivity contribution < 1.29 is 9.59 Å². The number of rotatable bonds is 5. The van der Waals surface area contributed by atoms with Crippen molar-refractivity contribution in [2.45, 2.75) is 19.4 Å². The van der Waals surface area contributed by atoms with Crippen molar-refractivity contribution in [2.24, 2.45) is 5.92 Å². The molecule has 2 amide bonds. The van der Waals surface area contributed by atoms with Crippen LogP contribution in [0.15, 0.2) is 24.3 Å². The van der Waals surface area contributed by atoms with E-state index in [2.05, 4.69) is 21.5 Å². The van der Waals surface area contributed by atoms with Crippen LogP contribution in [0.25, 0.3) is 0 Å². The molecule has 0 aromatic heterocycles. The molecular formula is C18H23N3O2. The van der Waals surface area contributed by atoms with Crippen LogP contribution in [0.2, 0.25) is 0 Å². The van der Waals surface area contributed by atoms with Crippen LogP contribution in [-0.2, 0) is 11.3 Å². The molecule has 0 radical (unpaired) electrons. The monoisotopic (exact) mass is 313 g/mol. The highest BCUT2D eigenvalue weighted by Gasteiger charge is 2.24. The van der Waals surface area contributed by atoms with E-state index in [1.165, 1.54) is 0 Å². The van der Waals surface area contributed by atoms with Gasteiger partial charge < -0.3 is 10.6 Å². The molecule has 122 valence electrons. The fourth-order valence-corrected chi connectivity index (χ4v) is 2.73. The summed E-state index contributed by atoms with van der Waals surface area (Å²) in [5, 5.41) is 5.56. The molecule has 1 aromatic carbocycles. The Bertz CT molecular complexity index is 581. The second-order valence-electron chi connectivity index (χ2n) is 5.75. The number of hydrogen-bond acceptors (Lipinski definition) is 3. The summed E-state index contributed by atoms with van der Waals surface area (Å²) in [5.74, 6) is 2.69. The van der Waals surface area contributed by atoms with E-state index in [9.17, 15) is 9.59 Å². The van der Waals surface area contributed by atoms with Gasteiger partial charge in [0.15, 0.2) is 0 Å². The molecule has 2 N–H and O–H groups in total. The maximum absolute atomic E-state index is 12.2. The van der Waals surface area contributed by atoms with Gasteiger partial charge in [0.05, 0.1) is 6.54 Å². The summed E-state index contributed by atoms with van der Waals surface area (Å²) in [6.07, 6.45) is 7.01. The Kier molecular flexibility index (Phi) is 6.19. The van der Waals surface area contributed by atoms with E-state index in [0.29, 0.717) is 18.7 Å². The third kappa shape index (κ3) is 4.83. The minimum atomic E-state index is -0.112. The van der Waals surface area contributed by atoms with Gasteiger partial charge in [0.1, 0.15) is 0 Å². The Labute approximate surface area is 137 Å². The molecule has 5 nitrogen and oxygen atoms in total. The molecule has 1 fully saturated rings. The first-order valence-electron chi connectivity index (χ1n) is 7.88. The molecule has 2 rings (SSSR count). The second-order valence-corrected chi connectivity index (χ2v) is 5.75. The van der Waals surface area contributed by atoms with E-state index < -0.39 is 0 Å². The number of likely N-dealkylation sites (tertiary alicyclic amines) is 1. The predicted octanol–water partition coefficient (Wildman–Crippen LogP) is 1.01. The van der Waals surface area contributed by atoms with Gasteiger partial charge in [-0.15, -0.1) is 6.42 Å². The summed E-state index contributed by atoms with van der Waals surface area (Å²) in [7, 11) is 1.60. The maximum atomic E-state index is 12.2. The maximum Gasteiger partial charge on any atom is 0.251 e. The molecule has 0 spiro atoms. The van der Waals surface area contributed by atoms with E-state index in [0.717, 1.165) is 31.5 Å². The van der Waals surface area contributed by atoms with Gasteiger partial charge in [0, 0.05) is 25.1 Å². The van der Waals surface area contributed by atoms with Crippen LogP contribution in [0.1, 0.15) is 28.8 Å². The quantitative estimate of drug-likeness (QED) is 0.798. The molecule has 1 aliphatic heterocycles. The SMILES string of the molecule is C#CCN1CCC(C(=O)NCc2ccc(C(=O)NC)cc2)CC1. The van der Waals surface area contributed by atoms with Crippen molar-refractivity contribution in [3.8, 4) is 12.3 Å². The summed E-state index contributed by atoms with van der Waals surface area (Å²) in [4.78, 5) is 25.9. The van der Waals surface area contributed by atoms with Crippen LogP contribution in [0.3, 0.4) is 0 Å². The molecule has 1 saturated heterocycles. The van der Waals surface area contributed by atoms with Gasteiger partial charge in [0.25, 0.3) is 5.91 Å². The minimum Gasteiger partial charge on any atom is -0.355 e. The first-order valence-corrected chi connectivity index (χ1v) is 7.88. The lowest BCUT2D eigenvalue weighted by Gasteiger charge is -2.29. The van der Waals surface area contributed by atoms with Gasteiger partial charge in [-0.05, 0) is 43.6 Å². The summed E-state index contributed by atoms with van der Waals surface area (Å²) < 4.78 is 0. The van der Waals surface area contributed by atoms with E-state index in [-0.39, 0.29) is 17.7 Å². The smallest absolute Gasteiger partial charge is 0.251 e. The summed E-state index contributed by atoms with van der Waals surface area (Å²) in [6, 6.07) is 7.25. The van der Waals surface area contributed by atoms with Crippen molar-refractivity contribution in [1.29, 1.82) is 0 Å². The van der Waals surface area contributed by atoms with E-state index in [1.54, 1.807) is 19.2 Å². The molecule has 0 atom stereocenters. The molecule has 5 heteroatoms. The third-order valence-corrected chi connectivity index (χ3v) is 4.18. The van der Waals surface area contributed by atoms with Gasteiger partial charge in [-0.3, -0.25) is 14.5 Å². The largest absolute Gasteiger partial charge is 0.355 e. The Morgan fingerprint density at radius 2 is 1.91 bits per heavy atom. The van der Waals surface area contributed by atoms with Crippen LogP contribution in [-0.4, -0.2) is 43.4 Å². The number of amides is 2. The van der Waals surface area contributed by atoms with Crippen LogP contribution in [0.5, 0.6) is 0 Å². The lowest BCUT2D eigenvalue weighted by atomic mass is 9.96. The number of terminal acetylenes is 1.